The Balaban J connectivity index is 2.69. The molecule has 0 unspecified atom stereocenters. The first kappa shape index (κ1) is 14.4. The molecule has 1 aromatic heterocycles. The van der Waals surface area contributed by atoms with Gasteiger partial charge in [-0.15, -0.1) is 0 Å². The van der Waals surface area contributed by atoms with E-state index in [1.165, 1.54) is 0 Å². The normalized spacial score (nSPS) is 11.1. The standard InChI is InChI=1S/C11H17N3O3S/c1-8-6-9(7-10(12-2)14-8)11(15)13-4-5-18(3,16)17/h6-7H,4-5H2,1-3H3,(H,12,14)(H,13,15). The second kappa shape index (κ2) is 5.81. The molecule has 1 heterocycles. The third-order valence-corrected chi connectivity index (χ3v) is 3.18. The predicted molar refractivity (Wildman–Crippen MR) is 70.6 cm³/mol. The Morgan fingerprint density at radius 2 is 2.06 bits per heavy atom. The molecule has 6 nitrogen and oxygen atoms in total. The van der Waals surface area contributed by atoms with Crippen molar-refractivity contribution in [3.05, 3.63) is 23.4 Å². The minimum Gasteiger partial charge on any atom is -0.373 e. The maximum atomic E-state index is 11.8. The van der Waals surface area contributed by atoms with E-state index in [9.17, 15) is 13.2 Å². The number of aromatic nitrogens is 1. The molecule has 0 radical (unpaired) electrons. The Bertz CT molecular complexity index is 540. The molecule has 0 bridgehead atoms. The lowest BCUT2D eigenvalue weighted by Gasteiger charge is -2.07. The van der Waals surface area contributed by atoms with Crippen LogP contribution in [-0.4, -0.2) is 44.9 Å². The summed E-state index contributed by atoms with van der Waals surface area (Å²) in [5.41, 5.74) is 1.18. The quantitative estimate of drug-likeness (QED) is 0.799. The van der Waals surface area contributed by atoms with Crippen LogP contribution in [0.1, 0.15) is 16.1 Å². The summed E-state index contributed by atoms with van der Waals surface area (Å²) in [4.78, 5) is 16.0. The van der Waals surface area contributed by atoms with Crippen LogP contribution in [0.5, 0.6) is 0 Å². The topological polar surface area (TPSA) is 88.2 Å². The average Bonchev–Trinajstić information content (AvgIpc) is 2.26. The van der Waals surface area contributed by atoms with Crippen LogP contribution in [0.2, 0.25) is 0 Å². The number of nitrogens with zero attached hydrogens (tertiary/aromatic N) is 1. The number of sulfone groups is 1. The molecule has 0 spiro atoms. The van der Waals surface area contributed by atoms with Crippen molar-refractivity contribution in [1.29, 1.82) is 0 Å². The molecule has 100 valence electrons. The molecule has 0 aliphatic heterocycles. The minimum atomic E-state index is -3.06. The summed E-state index contributed by atoms with van der Waals surface area (Å²) in [7, 11) is -1.35. The molecular weight excluding hydrogens is 254 g/mol. The van der Waals surface area contributed by atoms with E-state index in [-0.39, 0.29) is 18.2 Å². The molecule has 1 rings (SSSR count). The molecule has 1 aromatic rings. The maximum absolute atomic E-state index is 11.8. The molecule has 0 aliphatic rings. The van der Waals surface area contributed by atoms with Gasteiger partial charge in [0, 0.05) is 31.1 Å². The highest BCUT2D eigenvalue weighted by molar-refractivity contribution is 7.90. The monoisotopic (exact) mass is 271 g/mol. The van der Waals surface area contributed by atoms with E-state index in [2.05, 4.69) is 15.6 Å². The SMILES string of the molecule is CNc1cc(C(=O)NCCS(C)(=O)=O)cc(C)n1. The van der Waals surface area contributed by atoms with Gasteiger partial charge in [0.1, 0.15) is 15.7 Å². The Labute approximate surface area is 107 Å². The highest BCUT2D eigenvalue weighted by Gasteiger charge is 2.09. The van der Waals surface area contributed by atoms with Crippen molar-refractivity contribution >= 4 is 21.6 Å². The van der Waals surface area contributed by atoms with Crippen molar-refractivity contribution in [1.82, 2.24) is 10.3 Å². The Morgan fingerprint density at radius 3 is 2.61 bits per heavy atom. The van der Waals surface area contributed by atoms with Gasteiger partial charge in [0.25, 0.3) is 5.91 Å². The summed E-state index contributed by atoms with van der Waals surface area (Å²) in [5.74, 6) is 0.228. The van der Waals surface area contributed by atoms with Gasteiger partial charge < -0.3 is 10.6 Å². The first-order valence-electron chi connectivity index (χ1n) is 5.44. The predicted octanol–water partition coefficient (Wildman–Crippen LogP) is 0.206. The lowest BCUT2D eigenvalue weighted by Crippen LogP contribution is -2.29. The molecule has 0 fully saturated rings. The Morgan fingerprint density at radius 1 is 1.39 bits per heavy atom. The van der Waals surface area contributed by atoms with Crippen molar-refractivity contribution in [3.63, 3.8) is 0 Å². The molecule has 7 heteroatoms. The van der Waals surface area contributed by atoms with Crippen LogP contribution in [0.15, 0.2) is 12.1 Å². The number of amides is 1. The molecule has 0 saturated heterocycles. The Hall–Kier alpha value is -1.63. The number of hydrogen-bond acceptors (Lipinski definition) is 5. The van der Waals surface area contributed by atoms with E-state index in [0.29, 0.717) is 11.4 Å². The summed E-state index contributed by atoms with van der Waals surface area (Å²) in [6.45, 7) is 1.89. The van der Waals surface area contributed by atoms with Crippen LogP contribution >= 0.6 is 0 Å². The number of carbonyl (C=O) groups excluding carboxylic acids is 1. The fourth-order valence-electron chi connectivity index (χ4n) is 1.38. The fourth-order valence-corrected chi connectivity index (χ4v) is 1.85. The average molecular weight is 271 g/mol. The largest absolute Gasteiger partial charge is 0.373 e. The van der Waals surface area contributed by atoms with Crippen LogP contribution < -0.4 is 10.6 Å². The van der Waals surface area contributed by atoms with Crippen molar-refractivity contribution in [3.8, 4) is 0 Å². The van der Waals surface area contributed by atoms with Crippen molar-refractivity contribution in [2.75, 3.05) is 30.9 Å². The zero-order valence-electron chi connectivity index (χ0n) is 10.6. The minimum absolute atomic E-state index is 0.0678. The van der Waals surface area contributed by atoms with Crippen LogP contribution in [0.3, 0.4) is 0 Å². The summed E-state index contributed by atoms with van der Waals surface area (Å²) in [6, 6.07) is 3.26. The first-order valence-corrected chi connectivity index (χ1v) is 7.50. The van der Waals surface area contributed by atoms with Gasteiger partial charge in [-0.3, -0.25) is 4.79 Å². The first-order chi connectivity index (χ1) is 8.31. The Kier molecular flexibility index (Phi) is 4.66. The van der Waals surface area contributed by atoms with Crippen molar-refractivity contribution < 1.29 is 13.2 Å². The van der Waals surface area contributed by atoms with Crippen LogP contribution in [0.25, 0.3) is 0 Å². The number of nitrogens with one attached hydrogen (secondary N) is 2. The van der Waals surface area contributed by atoms with E-state index in [1.807, 2.05) is 0 Å². The van der Waals surface area contributed by atoms with Gasteiger partial charge in [0.15, 0.2) is 0 Å². The molecule has 18 heavy (non-hydrogen) atoms. The third kappa shape index (κ3) is 4.70. The van der Waals surface area contributed by atoms with Gasteiger partial charge in [-0.1, -0.05) is 0 Å². The molecule has 1 amide bonds. The molecule has 0 saturated carbocycles. The van der Waals surface area contributed by atoms with Gasteiger partial charge in [0.05, 0.1) is 5.75 Å². The van der Waals surface area contributed by atoms with Gasteiger partial charge in [0.2, 0.25) is 0 Å². The summed E-state index contributed by atoms with van der Waals surface area (Å²) in [6.07, 6.45) is 1.13. The number of aryl methyl sites for hydroxylation is 1. The molecular formula is C11H17N3O3S. The lowest BCUT2D eigenvalue weighted by molar-refractivity contribution is 0.0956. The van der Waals surface area contributed by atoms with E-state index in [0.717, 1.165) is 11.9 Å². The third-order valence-electron chi connectivity index (χ3n) is 2.23. The summed E-state index contributed by atoms with van der Waals surface area (Å²) in [5, 5.41) is 5.42. The number of pyridine rings is 1. The van der Waals surface area contributed by atoms with Gasteiger partial charge in [-0.25, -0.2) is 13.4 Å². The number of rotatable bonds is 5. The number of anilines is 1. The number of carbonyl (C=O) groups is 1. The lowest BCUT2D eigenvalue weighted by atomic mass is 10.2. The van der Waals surface area contributed by atoms with Crippen molar-refractivity contribution in [2.24, 2.45) is 0 Å². The second-order valence-corrected chi connectivity index (χ2v) is 6.28. The van der Waals surface area contributed by atoms with E-state index in [4.69, 9.17) is 0 Å². The molecule has 2 N–H and O–H groups in total. The highest BCUT2D eigenvalue weighted by atomic mass is 32.2. The van der Waals surface area contributed by atoms with Gasteiger partial charge >= 0.3 is 0 Å². The zero-order chi connectivity index (χ0) is 13.8. The van der Waals surface area contributed by atoms with E-state index >= 15 is 0 Å². The van der Waals surface area contributed by atoms with Gasteiger partial charge in [-0.2, -0.15) is 0 Å². The van der Waals surface area contributed by atoms with Gasteiger partial charge in [-0.05, 0) is 19.1 Å². The molecule has 0 aromatic carbocycles. The number of hydrogen-bond donors (Lipinski definition) is 2. The van der Waals surface area contributed by atoms with Crippen LogP contribution in [-0.2, 0) is 9.84 Å². The van der Waals surface area contributed by atoms with Crippen molar-refractivity contribution in [2.45, 2.75) is 6.92 Å². The maximum Gasteiger partial charge on any atom is 0.251 e. The van der Waals surface area contributed by atoms with Crippen LogP contribution in [0, 0.1) is 6.92 Å². The zero-order valence-corrected chi connectivity index (χ0v) is 11.5. The van der Waals surface area contributed by atoms with E-state index in [1.54, 1.807) is 26.1 Å². The summed E-state index contributed by atoms with van der Waals surface area (Å²) < 4.78 is 21.9. The smallest absolute Gasteiger partial charge is 0.251 e. The molecule has 0 aliphatic carbocycles. The second-order valence-electron chi connectivity index (χ2n) is 4.02. The fraction of sp³-hybridized carbons (Fsp3) is 0.455. The van der Waals surface area contributed by atoms with E-state index < -0.39 is 9.84 Å². The highest BCUT2D eigenvalue weighted by Crippen LogP contribution is 2.09. The summed E-state index contributed by atoms with van der Waals surface area (Å²) >= 11 is 0. The molecule has 0 atom stereocenters. The van der Waals surface area contributed by atoms with Crippen LogP contribution in [0.4, 0.5) is 5.82 Å².